The first-order chi connectivity index (χ1) is 11.2. The molecule has 7 nitrogen and oxygen atoms in total. The lowest BCUT2D eigenvalue weighted by Crippen LogP contribution is -2.12. The van der Waals surface area contributed by atoms with Crippen molar-refractivity contribution in [3.05, 3.63) is 53.5 Å². The van der Waals surface area contributed by atoms with E-state index in [9.17, 15) is 0 Å². The predicted molar refractivity (Wildman–Crippen MR) is 84.7 cm³/mol. The van der Waals surface area contributed by atoms with Crippen molar-refractivity contribution in [2.75, 3.05) is 12.4 Å². The van der Waals surface area contributed by atoms with Crippen LogP contribution in [0.1, 0.15) is 29.8 Å². The Hall–Kier alpha value is -2.98. The fourth-order valence-electron chi connectivity index (χ4n) is 2.37. The van der Waals surface area contributed by atoms with Gasteiger partial charge in [-0.25, -0.2) is 4.98 Å². The third kappa shape index (κ3) is 3.12. The molecule has 1 atom stereocenters. The molecule has 23 heavy (non-hydrogen) atoms. The number of rotatable bonds is 5. The van der Waals surface area contributed by atoms with Gasteiger partial charge < -0.3 is 10.1 Å². The molecule has 0 fully saturated rings. The summed E-state index contributed by atoms with van der Waals surface area (Å²) in [6.45, 7) is 2.42. The Morgan fingerprint density at radius 3 is 3.04 bits per heavy atom. The predicted octanol–water partition coefficient (Wildman–Crippen LogP) is 2.32. The van der Waals surface area contributed by atoms with Gasteiger partial charge in [0.1, 0.15) is 12.1 Å². The fraction of sp³-hybridized carbons (Fsp3) is 0.250. The highest BCUT2D eigenvalue weighted by Crippen LogP contribution is 2.21. The molecule has 116 valence electrons. The number of hydrogen-bond acceptors (Lipinski definition) is 6. The van der Waals surface area contributed by atoms with Crippen molar-refractivity contribution >= 4 is 11.6 Å². The van der Waals surface area contributed by atoms with Crippen LogP contribution in [0.4, 0.5) is 5.82 Å². The van der Waals surface area contributed by atoms with Crippen molar-refractivity contribution in [3.8, 4) is 6.07 Å². The summed E-state index contributed by atoms with van der Waals surface area (Å²) in [7, 11) is 1.62. The largest absolute Gasteiger partial charge is 0.378 e. The molecular formula is C16H16N6O. The van der Waals surface area contributed by atoms with Gasteiger partial charge in [-0.05, 0) is 24.6 Å². The molecule has 1 N–H and O–H groups in total. The van der Waals surface area contributed by atoms with Gasteiger partial charge in [0.2, 0.25) is 0 Å². The van der Waals surface area contributed by atoms with Crippen molar-refractivity contribution in [1.29, 1.82) is 5.26 Å². The molecule has 0 aliphatic rings. The molecular weight excluding hydrogens is 292 g/mol. The number of nitrogens with zero attached hydrogens (tertiary/aromatic N) is 5. The van der Waals surface area contributed by atoms with Crippen LogP contribution in [0.3, 0.4) is 0 Å². The second-order valence-corrected chi connectivity index (χ2v) is 5.14. The standard InChI is InChI=1S/C16H16N6O/c1-11(13-5-3-4-12(6-13)8-17)20-15-7-14(9-23-2)21-16-18-10-19-22(15)16/h3-7,10-11,20H,9H2,1-2H3. The molecule has 0 radical (unpaired) electrons. The first-order valence-corrected chi connectivity index (χ1v) is 7.16. The van der Waals surface area contributed by atoms with E-state index in [0.29, 0.717) is 17.9 Å². The van der Waals surface area contributed by atoms with Crippen LogP contribution in [0.2, 0.25) is 0 Å². The Morgan fingerprint density at radius 2 is 2.26 bits per heavy atom. The quantitative estimate of drug-likeness (QED) is 0.778. The summed E-state index contributed by atoms with van der Waals surface area (Å²) in [6, 6.07) is 11.5. The maximum absolute atomic E-state index is 9.03. The smallest absolute Gasteiger partial charge is 0.254 e. The van der Waals surface area contributed by atoms with Crippen LogP contribution >= 0.6 is 0 Å². The minimum atomic E-state index is -0.00602. The van der Waals surface area contributed by atoms with Gasteiger partial charge in [-0.3, -0.25) is 0 Å². The second kappa shape index (κ2) is 6.42. The zero-order valence-electron chi connectivity index (χ0n) is 12.9. The molecule has 1 aromatic carbocycles. The number of methoxy groups -OCH3 is 1. The lowest BCUT2D eigenvalue weighted by atomic mass is 10.1. The van der Waals surface area contributed by atoms with E-state index in [2.05, 4.69) is 26.5 Å². The van der Waals surface area contributed by atoms with Crippen molar-refractivity contribution in [3.63, 3.8) is 0 Å². The molecule has 7 heteroatoms. The number of hydrogen-bond donors (Lipinski definition) is 1. The highest BCUT2D eigenvalue weighted by molar-refractivity contribution is 5.47. The van der Waals surface area contributed by atoms with E-state index in [4.69, 9.17) is 10.00 Å². The average Bonchev–Trinajstić information content (AvgIpc) is 3.04. The summed E-state index contributed by atoms with van der Waals surface area (Å²) < 4.78 is 6.79. The fourth-order valence-corrected chi connectivity index (χ4v) is 2.37. The maximum atomic E-state index is 9.03. The van der Waals surface area contributed by atoms with Crippen molar-refractivity contribution in [2.45, 2.75) is 19.6 Å². The number of benzene rings is 1. The van der Waals surface area contributed by atoms with E-state index in [1.807, 2.05) is 31.2 Å². The number of nitrogens with one attached hydrogen (secondary N) is 1. The number of aromatic nitrogens is 4. The van der Waals surface area contributed by atoms with E-state index in [0.717, 1.165) is 17.1 Å². The SMILES string of the molecule is COCc1cc(NC(C)c2cccc(C#N)c2)n2ncnc2n1. The summed E-state index contributed by atoms with van der Waals surface area (Å²) >= 11 is 0. The van der Waals surface area contributed by atoms with Crippen LogP contribution in [0.5, 0.6) is 0 Å². The minimum Gasteiger partial charge on any atom is -0.378 e. The summed E-state index contributed by atoms with van der Waals surface area (Å²) in [5, 5.41) is 16.6. The summed E-state index contributed by atoms with van der Waals surface area (Å²) in [6.07, 6.45) is 1.46. The van der Waals surface area contributed by atoms with Crippen molar-refractivity contribution in [2.24, 2.45) is 0 Å². The van der Waals surface area contributed by atoms with Gasteiger partial charge >= 0.3 is 0 Å². The van der Waals surface area contributed by atoms with Crippen LogP contribution in [0.25, 0.3) is 5.78 Å². The summed E-state index contributed by atoms with van der Waals surface area (Å²) in [5.74, 6) is 1.29. The van der Waals surface area contributed by atoms with Crippen LogP contribution in [0, 0.1) is 11.3 Å². The molecule has 2 aromatic heterocycles. The van der Waals surface area contributed by atoms with Gasteiger partial charge in [0.25, 0.3) is 5.78 Å². The summed E-state index contributed by atoms with van der Waals surface area (Å²) in [4.78, 5) is 8.51. The average molecular weight is 308 g/mol. The molecule has 0 aliphatic carbocycles. The monoisotopic (exact) mass is 308 g/mol. The molecule has 3 aromatic rings. The summed E-state index contributed by atoms with van der Waals surface area (Å²) in [5.41, 5.74) is 2.42. The number of anilines is 1. The Balaban J connectivity index is 1.93. The normalized spacial score (nSPS) is 12.0. The van der Waals surface area contributed by atoms with Gasteiger partial charge in [-0.1, -0.05) is 12.1 Å². The molecule has 0 saturated carbocycles. The van der Waals surface area contributed by atoms with Crippen molar-refractivity contribution in [1.82, 2.24) is 19.6 Å². The van der Waals surface area contributed by atoms with Gasteiger partial charge in [0.15, 0.2) is 0 Å². The Morgan fingerprint density at radius 1 is 1.39 bits per heavy atom. The molecule has 0 bridgehead atoms. The number of nitriles is 1. The van der Waals surface area contributed by atoms with E-state index in [1.54, 1.807) is 17.7 Å². The van der Waals surface area contributed by atoms with Gasteiger partial charge in [-0.15, -0.1) is 0 Å². The molecule has 0 aliphatic heterocycles. The molecule has 0 amide bonds. The van der Waals surface area contributed by atoms with E-state index in [-0.39, 0.29) is 6.04 Å². The van der Waals surface area contributed by atoms with Crippen LogP contribution in [-0.2, 0) is 11.3 Å². The Kier molecular flexibility index (Phi) is 4.17. The molecule has 0 saturated heterocycles. The maximum Gasteiger partial charge on any atom is 0.254 e. The first kappa shape index (κ1) is 14.9. The van der Waals surface area contributed by atoms with E-state index >= 15 is 0 Å². The zero-order chi connectivity index (χ0) is 16.2. The Bertz CT molecular complexity index is 866. The highest BCUT2D eigenvalue weighted by Gasteiger charge is 2.12. The molecule has 3 rings (SSSR count). The number of ether oxygens (including phenoxy) is 1. The zero-order valence-corrected chi connectivity index (χ0v) is 12.9. The Labute approximate surface area is 133 Å². The topological polar surface area (TPSA) is 88.1 Å². The van der Waals surface area contributed by atoms with Crippen LogP contribution in [0.15, 0.2) is 36.7 Å². The van der Waals surface area contributed by atoms with Gasteiger partial charge in [-0.2, -0.15) is 19.9 Å². The third-order valence-electron chi connectivity index (χ3n) is 3.48. The minimum absolute atomic E-state index is 0.00602. The highest BCUT2D eigenvalue weighted by atomic mass is 16.5. The van der Waals surface area contributed by atoms with Crippen LogP contribution in [-0.4, -0.2) is 26.7 Å². The van der Waals surface area contributed by atoms with Crippen molar-refractivity contribution < 1.29 is 4.74 Å². The lowest BCUT2D eigenvalue weighted by Gasteiger charge is -2.17. The number of fused-ring (bicyclic) bond motifs is 1. The van der Waals surface area contributed by atoms with E-state index < -0.39 is 0 Å². The molecule has 2 heterocycles. The second-order valence-electron chi connectivity index (χ2n) is 5.14. The lowest BCUT2D eigenvalue weighted by molar-refractivity contribution is 0.181. The third-order valence-corrected chi connectivity index (χ3v) is 3.48. The van der Waals surface area contributed by atoms with Crippen LogP contribution < -0.4 is 5.32 Å². The van der Waals surface area contributed by atoms with Gasteiger partial charge in [0, 0.05) is 19.2 Å². The molecule has 0 spiro atoms. The first-order valence-electron chi connectivity index (χ1n) is 7.16. The van der Waals surface area contributed by atoms with Gasteiger partial charge in [0.05, 0.1) is 23.9 Å². The van der Waals surface area contributed by atoms with E-state index in [1.165, 1.54) is 6.33 Å². The molecule has 1 unspecified atom stereocenters.